The molecule has 0 heterocycles. The highest BCUT2D eigenvalue weighted by atomic mass is 35.5. The van der Waals surface area contributed by atoms with Gasteiger partial charge in [-0.3, -0.25) is 4.79 Å². The number of ether oxygens (including phenoxy) is 1. The number of nitrogens with one attached hydrogen (secondary N) is 1. The Bertz CT molecular complexity index is 390. The van der Waals surface area contributed by atoms with Crippen LogP contribution in [0.3, 0.4) is 0 Å². The zero-order chi connectivity index (χ0) is 14.8. The number of carbonyl (C=O) groups is 1. The van der Waals surface area contributed by atoms with Crippen LogP contribution in [0, 0.1) is 0 Å². The molecule has 1 amide bonds. The third-order valence-electron chi connectivity index (χ3n) is 3.02. The molecule has 0 aliphatic carbocycles. The first kappa shape index (κ1) is 16.8. The predicted molar refractivity (Wildman–Crippen MR) is 83.2 cm³/mol. The van der Waals surface area contributed by atoms with Crippen molar-refractivity contribution in [3.63, 3.8) is 0 Å². The van der Waals surface area contributed by atoms with Gasteiger partial charge in [0.15, 0.2) is 0 Å². The van der Waals surface area contributed by atoms with E-state index in [0.29, 0.717) is 6.54 Å². The monoisotopic (exact) mass is 297 g/mol. The van der Waals surface area contributed by atoms with E-state index in [-0.39, 0.29) is 5.91 Å². The van der Waals surface area contributed by atoms with Crippen molar-refractivity contribution in [1.29, 1.82) is 0 Å². The zero-order valence-electron chi connectivity index (χ0n) is 12.3. The number of benzene rings is 1. The Labute approximate surface area is 126 Å². The Morgan fingerprint density at radius 1 is 1.25 bits per heavy atom. The quantitative estimate of drug-likeness (QED) is 0.555. The fourth-order valence-corrected chi connectivity index (χ4v) is 1.83. The average molecular weight is 298 g/mol. The van der Waals surface area contributed by atoms with Gasteiger partial charge in [-0.1, -0.05) is 38.3 Å². The molecule has 0 aromatic heterocycles. The molecule has 0 fully saturated rings. The van der Waals surface area contributed by atoms with Crippen LogP contribution < -0.4 is 10.1 Å². The second-order valence-corrected chi connectivity index (χ2v) is 5.54. The third kappa shape index (κ3) is 6.80. The molecule has 1 rings (SSSR count). The van der Waals surface area contributed by atoms with Gasteiger partial charge < -0.3 is 10.1 Å². The highest BCUT2D eigenvalue weighted by Crippen LogP contribution is 2.13. The number of hydrogen-bond acceptors (Lipinski definition) is 2. The molecule has 1 aromatic carbocycles. The van der Waals surface area contributed by atoms with Crippen molar-refractivity contribution >= 4 is 17.5 Å². The summed E-state index contributed by atoms with van der Waals surface area (Å²) < 4.78 is 5.66. The molecule has 0 aliphatic heterocycles. The van der Waals surface area contributed by atoms with Crippen molar-refractivity contribution in [2.75, 3.05) is 6.61 Å². The van der Waals surface area contributed by atoms with Gasteiger partial charge in [-0.2, -0.15) is 0 Å². The maximum atomic E-state index is 11.3. The summed E-state index contributed by atoms with van der Waals surface area (Å²) in [4.78, 5) is 11.3. The van der Waals surface area contributed by atoms with Crippen molar-refractivity contribution in [3.8, 4) is 5.75 Å². The van der Waals surface area contributed by atoms with Crippen LogP contribution in [0.15, 0.2) is 24.3 Å². The minimum atomic E-state index is -0.499. The highest BCUT2D eigenvalue weighted by Gasteiger charge is 2.07. The molecular weight excluding hydrogens is 274 g/mol. The van der Waals surface area contributed by atoms with Crippen LogP contribution in [-0.2, 0) is 11.3 Å². The van der Waals surface area contributed by atoms with Crippen molar-refractivity contribution in [2.45, 2.75) is 51.5 Å². The highest BCUT2D eigenvalue weighted by molar-refractivity contribution is 6.30. The molecule has 1 unspecified atom stereocenters. The third-order valence-corrected chi connectivity index (χ3v) is 3.22. The SMILES string of the molecule is CCCCCCOc1ccc(CNC(=O)C(C)Cl)cc1. The first-order chi connectivity index (χ1) is 9.63. The lowest BCUT2D eigenvalue weighted by molar-refractivity contribution is -0.120. The molecule has 0 spiro atoms. The topological polar surface area (TPSA) is 38.3 Å². The molecule has 0 bridgehead atoms. The van der Waals surface area contributed by atoms with Crippen molar-refractivity contribution in [2.24, 2.45) is 0 Å². The van der Waals surface area contributed by atoms with Crippen LogP contribution in [0.25, 0.3) is 0 Å². The van der Waals surface area contributed by atoms with Gasteiger partial charge in [0, 0.05) is 6.54 Å². The lowest BCUT2D eigenvalue weighted by Crippen LogP contribution is -2.28. The summed E-state index contributed by atoms with van der Waals surface area (Å²) >= 11 is 5.68. The standard InChI is InChI=1S/C16H24ClNO2/c1-3-4-5-6-11-20-15-9-7-14(8-10-15)12-18-16(19)13(2)17/h7-10,13H,3-6,11-12H2,1-2H3,(H,18,19). The number of unbranched alkanes of at least 4 members (excludes halogenated alkanes) is 3. The number of alkyl halides is 1. The summed E-state index contributed by atoms with van der Waals surface area (Å²) in [7, 11) is 0. The minimum absolute atomic E-state index is 0.150. The van der Waals surface area contributed by atoms with E-state index in [1.165, 1.54) is 19.3 Å². The molecule has 3 nitrogen and oxygen atoms in total. The zero-order valence-corrected chi connectivity index (χ0v) is 13.1. The fourth-order valence-electron chi connectivity index (χ4n) is 1.75. The van der Waals surface area contributed by atoms with E-state index >= 15 is 0 Å². The lowest BCUT2D eigenvalue weighted by atomic mass is 10.2. The number of carbonyl (C=O) groups excluding carboxylic acids is 1. The number of hydrogen-bond donors (Lipinski definition) is 1. The summed E-state index contributed by atoms with van der Waals surface area (Å²) in [6.45, 7) is 5.11. The molecule has 0 saturated heterocycles. The molecular formula is C16H24ClNO2. The normalized spacial score (nSPS) is 11.9. The van der Waals surface area contributed by atoms with Crippen LogP contribution in [0.4, 0.5) is 0 Å². The van der Waals surface area contributed by atoms with Gasteiger partial charge in [-0.15, -0.1) is 11.6 Å². The van der Waals surface area contributed by atoms with E-state index in [4.69, 9.17) is 16.3 Å². The van der Waals surface area contributed by atoms with Gasteiger partial charge in [-0.05, 0) is 31.0 Å². The lowest BCUT2D eigenvalue weighted by Gasteiger charge is -2.09. The maximum absolute atomic E-state index is 11.3. The largest absolute Gasteiger partial charge is 0.494 e. The second-order valence-electron chi connectivity index (χ2n) is 4.89. The summed E-state index contributed by atoms with van der Waals surface area (Å²) in [5.74, 6) is 0.727. The Morgan fingerprint density at radius 3 is 2.55 bits per heavy atom. The molecule has 0 saturated carbocycles. The van der Waals surface area contributed by atoms with Crippen molar-refractivity contribution < 1.29 is 9.53 Å². The van der Waals surface area contributed by atoms with Crippen molar-refractivity contribution in [3.05, 3.63) is 29.8 Å². The molecule has 1 atom stereocenters. The Morgan fingerprint density at radius 2 is 1.95 bits per heavy atom. The van der Waals surface area contributed by atoms with Crippen LogP contribution in [0.1, 0.15) is 45.1 Å². The van der Waals surface area contributed by atoms with Crippen LogP contribution in [0.2, 0.25) is 0 Å². The molecule has 20 heavy (non-hydrogen) atoms. The Kier molecular flexibility index (Phi) is 8.12. The maximum Gasteiger partial charge on any atom is 0.238 e. The molecule has 4 heteroatoms. The average Bonchev–Trinajstić information content (AvgIpc) is 2.45. The van der Waals surface area contributed by atoms with E-state index < -0.39 is 5.38 Å². The van der Waals surface area contributed by atoms with E-state index in [1.54, 1.807) is 6.92 Å². The summed E-state index contributed by atoms with van der Waals surface area (Å²) in [6, 6.07) is 7.79. The Balaban J connectivity index is 2.27. The smallest absolute Gasteiger partial charge is 0.238 e. The predicted octanol–water partition coefficient (Wildman–Crippen LogP) is 3.89. The fraction of sp³-hybridized carbons (Fsp3) is 0.562. The minimum Gasteiger partial charge on any atom is -0.494 e. The van der Waals surface area contributed by atoms with Gasteiger partial charge in [0.1, 0.15) is 11.1 Å². The molecule has 0 radical (unpaired) electrons. The summed E-state index contributed by atoms with van der Waals surface area (Å²) in [5.41, 5.74) is 1.04. The van der Waals surface area contributed by atoms with Crippen LogP contribution >= 0.6 is 11.6 Å². The molecule has 0 aliphatic rings. The molecule has 112 valence electrons. The van der Waals surface area contributed by atoms with Gasteiger partial charge in [-0.25, -0.2) is 0 Å². The molecule has 1 N–H and O–H groups in total. The van der Waals surface area contributed by atoms with Crippen LogP contribution in [-0.4, -0.2) is 17.9 Å². The van der Waals surface area contributed by atoms with Gasteiger partial charge >= 0.3 is 0 Å². The molecule has 1 aromatic rings. The number of halogens is 1. The van der Waals surface area contributed by atoms with E-state index in [2.05, 4.69) is 12.2 Å². The van der Waals surface area contributed by atoms with E-state index in [9.17, 15) is 4.79 Å². The number of rotatable bonds is 9. The first-order valence-corrected chi connectivity index (χ1v) is 7.70. The van der Waals surface area contributed by atoms with E-state index in [1.807, 2.05) is 24.3 Å². The first-order valence-electron chi connectivity index (χ1n) is 7.27. The van der Waals surface area contributed by atoms with Gasteiger partial charge in [0.05, 0.1) is 6.61 Å². The van der Waals surface area contributed by atoms with E-state index in [0.717, 1.165) is 24.3 Å². The summed E-state index contributed by atoms with van der Waals surface area (Å²) in [5, 5.41) is 2.27. The van der Waals surface area contributed by atoms with Gasteiger partial charge in [0.2, 0.25) is 5.91 Å². The second kappa shape index (κ2) is 9.65. The van der Waals surface area contributed by atoms with Crippen LogP contribution in [0.5, 0.6) is 5.75 Å². The summed E-state index contributed by atoms with van der Waals surface area (Å²) in [6.07, 6.45) is 4.82. The number of amides is 1. The van der Waals surface area contributed by atoms with Crippen molar-refractivity contribution in [1.82, 2.24) is 5.32 Å². The van der Waals surface area contributed by atoms with Gasteiger partial charge in [0.25, 0.3) is 0 Å². The Hall–Kier alpha value is -1.22.